The van der Waals surface area contributed by atoms with Gasteiger partial charge in [0.1, 0.15) is 6.04 Å². The van der Waals surface area contributed by atoms with Crippen LogP contribution in [-0.4, -0.2) is 66.2 Å². The summed E-state index contributed by atoms with van der Waals surface area (Å²) < 4.78 is 0. The van der Waals surface area contributed by atoms with Gasteiger partial charge in [0.25, 0.3) is 0 Å². The van der Waals surface area contributed by atoms with Crippen LogP contribution in [0.3, 0.4) is 0 Å². The van der Waals surface area contributed by atoms with E-state index in [-0.39, 0.29) is 6.03 Å². The maximum atomic E-state index is 11.8. The first-order valence-corrected chi connectivity index (χ1v) is 5.03. The Kier molecular flexibility index (Phi) is 3.90. The first-order chi connectivity index (χ1) is 7.07. The number of amides is 2. The number of nitrogens with zero attached hydrogens (tertiary/aromatic N) is 2. The standard InChI is InChI=1S/C9H17N3O3/c1-3-11(2)9(15)12-5-4-10-6-7(12)8(13)14/h7,10H,3-6H2,1-2H3,(H,13,14). The van der Waals surface area contributed by atoms with Crippen molar-refractivity contribution in [2.75, 3.05) is 33.2 Å². The van der Waals surface area contributed by atoms with Crippen molar-refractivity contribution in [3.8, 4) is 0 Å². The number of aliphatic carboxylic acids is 1. The molecule has 1 heterocycles. The average molecular weight is 215 g/mol. The summed E-state index contributed by atoms with van der Waals surface area (Å²) in [6.07, 6.45) is 0. The lowest BCUT2D eigenvalue weighted by atomic mass is 10.2. The van der Waals surface area contributed by atoms with Crippen molar-refractivity contribution < 1.29 is 14.7 Å². The van der Waals surface area contributed by atoms with Crippen LogP contribution in [-0.2, 0) is 4.79 Å². The van der Waals surface area contributed by atoms with Crippen LogP contribution in [0.5, 0.6) is 0 Å². The Hall–Kier alpha value is -1.30. The van der Waals surface area contributed by atoms with Gasteiger partial charge in [-0.1, -0.05) is 0 Å². The van der Waals surface area contributed by atoms with Crippen LogP contribution in [0, 0.1) is 0 Å². The van der Waals surface area contributed by atoms with E-state index in [9.17, 15) is 9.59 Å². The van der Waals surface area contributed by atoms with Crippen LogP contribution in [0.25, 0.3) is 0 Å². The zero-order valence-corrected chi connectivity index (χ0v) is 9.06. The predicted molar refractivity (Wildman–Crippen MR) is 54.7 cm³/mol. The fourth-order valence-corrected chi connectivity index (χ4v) is 1.51. The summed E-state index contributed by atoms with van der Waals surface area (Å²) in [4.78, 5) is 25.7. The molecule has 0 aliphatic carbocycles. The van der Waals surface area contributed by atoms with Gasteiger partial charge in [0.05, 0.1) is 0 Å². The van der Waals surface area contributed by atoms with Gasteiger partial charge in [-0.2, -0.15) is 0 Å². The van der Waals surface area contributed by atoms with E-state index in [0.717, 1.165) is 0 Å². The molecule has 1 fully saturated rings. The fraction of sp³-hybridized carbons (Fsp3) is 0.778. The van der Waals surface area contributed by atoms with Gasteiger partial charge >= 0.3 is 12.0 Å². The van der Waals surface area contributed by atoms with Gasteiger partial charge in [-0.25, -0.2) is 9.59 Å². The molecule has 0 spiro atoms. The summed E-state index contributed by atoms with van der Waals surface area (Å²) in [5.41, 5.74) is 0. The molecule has 6 heteroatoms. The normalized spacial score (nSPS) is 21.2. The van der Waals surface area contributed by atoms with E-state index in [2.05, 4.69) is 5.32 Å². The van der Waals surface area contributed by atoms with Crippen LogP contribution in [0.1, 0.15) is 6.92 Å². The quantitative estimate of drug-likeness (QED) is 0.646. The summed E-state index contributed by atoms with van der Waals surface area (Å²) in [5, 5.41) is 11.9. The number of carbonyl (C=O) groups excluding carboxylic acids is 1. The minimum absolute atomic E-state index is 0.216. The molecule has 2 amide bonds. The van der Waals surface area contributed by atoms with E-state index in [1.54, 1.807) is 7.05 Å². The Morgan fingerprint density at radius 1 is 1.60 bits per heavy atom. The van der Waals surface area contributed by atoms with Gasteiger partial charge in [-0.3, -0.25) is 0 Å². The molecule has 1 aliphatic rings. The zero-order valence-electron chi connectivity index (χ0n) is 9.06. The fourth-order valence-electron chi connectivity index (χ4n) is 1.51. The molecule has 1 aliphatic heterocycles. The number of hydrogen-bond donors (Lipinski definition) is 2. The number of carboxylic acids is 1. The van der Waals surface area contributed by atoms with E-state index in [0.29, 0.717) is 26.2 Å². The second-order valence-electron chi connectivity index (χ2n) is 3.55. The first kappa shape index (κ1) is 11.8. The molecule has 6 nitrogen and oxygen atoms in total. The zero-order chi connectivity index (χ0) is 11.4. The maximum Gasteiger partial charge on any atom is 0.327 e. The summed E-state index contributed by atoms with van der Waals surface area (Å²) in [6.45, 7) is 3.84. The Balaban J connectivity index is 2.71. The van der Waals surface area contributed by atoms with Crippen LogP contribution in [0.2, 0.25) is 0 Å². The highest BCUT2D eigenvalue weighted by molar-refractivity contribution is 5.83. The van der Waals surface area contributed by atoms with Crippen molar-refractivity contribution in [3.05, 3.63) is 0 Å². The summed E-state index contributed by atoms with van der Waals surface area (Å²) >= 11 is 0. The summed E-state index contributed by atoms with van der Waals surface area (Å²) in [5.74, 6) is -0.958. The molecule has 0 aromatic heterocycles. The van der Waals surface area contributed by atoms with E-state index >= 15 is 0 Å². The largest absolute Gasteiger partial charge is 0.480 e. The van der Waals surface area contributed by atoms with Gasteiger partial charge < -0.3 is 20.2 Å². The Morgan fingerprint density at radius 2 is 2.27 bits per heavy atom. The molecule has 2 N–H and O–H groups in total. The third-order valence-electron chi connectivity index (χ3n) is 2.58. The van der Waals surface area contributed by atoms with Gasteiger partial charge in [0.15, 0.2) is 0 Å². The molecule has 0 radical (unpaired) electrons. The summed E-state index contributed by atoms with van der Waals surface area (Å²) in [6, 6.07) is -0.966. The second kappa shape index (κ2) is 4.97. The van der Waals surface area contributed by atoms with Crippen molar-refractivity contribution in [2.24, 2.45) is 0 Å². The number of hydrogen-bond acceptors (Lipinski definition) is 3. The summed E-state index contributed by atoms with van der Waals surface area (Å²) in [7, 11) is 1.67. The first-order valence-electron chi connectivity index (χ1n) is 5.03. The van der Waals surface area contributed by atoms with Crippen molar-refractivity contribution in [1.82, 2.24) is 15.1 Å². The highest BCUT2D eigenvalue weighted by Crippen LogP contribution is 2.06. The highest BCUT2D eigenvalue weighted by Gasteiger charge is 2.32. The van der Waals surface area contributed by atoms with Gasteiger partial charge in [-0.15, -0.1) is 0 Å². The number of nitrogens with one attached hydrogen (secondary N) is 1. The lowest BCUT2D eigenvalue weighted by Gasteiger charge is -2.35. The van der Waals surface area contributed by atoms with Crippen molar-refractivity contribution in [3.63, 3.8) is 0 Å². The molecule has 1 saturated heterocycles. The number of carbonyl (C=O) groups is 2. The van der Waals surface area contributed by atoms with Gasteiger partial charge in [0.2, 0.25) is 0 Å². The van der Waals surface area contributed by atoms with Gasteiger partial charge in [0, 0.05) is 33.2 Å². The van der Waals surface area contributed by atoms with Crippen molar-refractivity contribution >= 4 is 12.0 Å². The molecular weight excluding hydrogens is 198 g/mol. The Labute approximate surface area is 88.8 Å². The topological polar surface area (TPSA) is 72.9 Å². The van der Waals surface area contributed by atoms with Crippen molar-refractivity contribution in [1.29, 1.82) is 0 Å². The highest BCUT2D eigenvalue weighted by atomic mass is 16.4. The van der Waals surface area contributed by atoms with E-state index in [1.165, 1.54) is 9.80 Å². The second-order valence-corrected chi connectivity index (χ2v) is 3.55. The molecule has 1 rings (SSSR count). The Bertz CT molecular complexity index is 257. The average Bonchev–Trinajstić information content (AvgIpc) is 2.27. The third-order valence-corrected chi connectivity index (χ3v) is 2.58. The molecule has 86 valence electrons. The molecule has 15 heavy (non-hydrogen) atoms. The van der Waals surface area contributed by atoms with E-state index < -0.39 is 12.0 Å². The molecule has 0 aromatic carbocycles. The third kappa shape index (κ3) is 2.59. The molecule has 0 saturated carbocycles. The number of piperazine rings is 1. The molecular formula is C9H17N3O3. The minimum Gasteiger partial charge on any atom is -0.480 e. The SMILES string of the molecule is CCN(C)C(=O)N1CCNCC1C(=O)O. The monoisotopic (exact) mass is 215 g/mol. The molecule has 1 atom stereocenters. The smallest absolute Gasteiger partial charge is 0.327 e. The van der Waals surface area contributed by atoms with E-state index in [1.807, 2.05) is 6.92 Å². The molecule has 1 unspecified atom stereocenters. The lowest BCUT2D eigenvalue weighted by Crippen LogP contribution is -2.59. The predicted octanol–water partition coefficient (Wildman–Crippen LogP) is -0.583. The maximum absolute atomic E-state index is 11.8. The molecule has 0 aromatic rings. The van der Waals surface area contributed by atoms with Crippen LogP contribution < -0.4 is 5.32 Å². The number of carboxylic acid groups (broad SMARTS) is 1. The van der Waals surface area contributed by atoms with Crippen LogP contribution in [0.4, 0.5) is 4.79 Å². The Morgan fingerprint density at radius 3 is 2.80 bits per heavy atom. The van der Waals surface area contributed by atoms with E-state index in [4.69, 9.17) is 5.11 Å². The number of urea groups is 1. The minimum atomic E-state index is -0.958. The lowest BCUT2D eigenvalue weighted by molar-refractivity contribution is -0.142. The van der Waals surface area contributed by atoms with Crippen molar-refractivity contribution in [2.45, 2.75) is 13.0 Å². The molecule has 0 bridgehead atoms. The van der Waals surface area contributed by atoms with Crippen LogP contribution in [0.15, 0.2) is 0 Å². The number of rotatable bonds is 2. The van der Waals surface area contributed by atoms with Gasteiger partial charge in [-0.05, 0) is 6.92 Å². The van der Waals surface area contributed by atoms with Crippen LogP contribution >= 0.6 is 0 Å².